The van der Waals surface area contributed by atoms with Crippen molar-refractivity contribution in [3.05, 3.63) is 35.9 Å². The molecule has 0 radical (unpaired) electrons. The molecule has 0 aliphatic heterocycles. The van der Waals surface area contributed by atoms with Gasteiger partial charge in [0.25, 0.3) is 0 Å². The number of benzene rings is 1. The fourth-order valence-electron chi connectivity index (χ4n) is 2.37. The van der Waals surface area contributed by atoms with Gasteiger partial charge in [-0.15, -0.1) is 0 Å². The van der Waals surface area contributed by atoms with E-state index in [2.05, 4.69) is 33.0 Å². The summed E-state index contributed by atoms with van der Waals surface area (Å²) in [5.74, 6) is 0.213. The Morgan fingerprint density at radius 1 is 1.20 bits per heavy atom. The monoisotopic (exact) mass is 276 g/mol. The molecule has 0 bridgehead atoms. The lowest BCUT2D eigenvalue weighted by molar-refractivity contribution is -0.123. The summed E-state index contributed by atoms with van der Waals surface area (Å²) in [6.45, 7) is 8.81. The van der Waals surface area contributed by atoms with Gasteiger partial charge < -0.3 is 11.1 Å². The first kappa shape index (κ1) is 16.7. The van der Waals surface area contributed by atoms with Gasteiger partial charge in [-0.3, -0.25) is 4.79 Å². The van der Waals surface area contributed by atoms with E-state index >= 15 is 0 Å². The van der Waals surface area contributed by atoms with Crippen LogP contribution in [0.4, 0.5) is 0 Å². The molecule has 0 aromatic heterocycles. The maximum Gasteiger partial charge on any atom is 0.227 e. The van der Waals surface area contributed by atoms with Gasteiger partial charge in [0, 0.05) is 12.1 Å². The summed E-state index contributed by atoms with van der Waals surface area (Å²) in [4.78, 5) is 12.5. The molecule has 3 nitrogen and oxygen atoms in total. The average Bonchev–Trinajstić information content (AvgIpc) is 2.46. The Labute approximate surface area is 122 Å². The van der Waals surface area contributed by atoms with Crippen LogP contribution in [0.1, 0.15) is 52.0 Å². The molecule has 3 N–H and O–H groups in total. The smallest absolute Gasteiger partial charge is 0.227 e. The molecule has 1 rings (SSSR count). The quantitative estimate of drug-likeness (QED) is 0.804. The predicted octanol–water partition coefficient (Wildman–Crippen LogP) is 3.06. The summed E-state index contributed by atoms with van der Waals surface area (Å²) in [7, 11) is 0. The summed E-state index contributed by atoms with van der Waals surface area (Å²) in [6, 6.07) is 9.95. The number of hydrogen-bond donors (Lipinski definition) is 2. The second-order valence-electron chi connectivity index (χ2n) is 5.92. The van der Waals surface area contributed by atoms with Gasteiger partial charge in [-0.1, -0.05) is 58.0 Å². The highest BCUT2D eigenvalue weighted by Crippen LogP contribution is 2.24. The Balaban J connectivity index is 2.77. The van der Waals surface area contributed by atoms with Gasteiger partial charge >= 0.3 is 0 Å². The lowest BCUT2D eigenvalue weighted by Crippen LogP contribution is -2.50. The van der Waals surface area contributed by atoms with Gasteiger partial charge in [-0.05, 0) is 24.3 Å². The molecule has 0 aliphatic carbocycles. The summed E-state index contributed by atoms with van der Waals surface area (Å²) in [5, 5.41) is 3.04. The van der Waals surface area contributed by atoms with Crippen molar-refractivity contribution in [3.63, 3.8) is 0 Å². The highest BCUT2D eigenvalue weighted by atomic mass is 16.1. The Kier molecular flexibility index (Phi) is 6.21. The van der Waals surface area contributed by atoms with Crippen LogP contribution in [0.25, 0.3) is 0 Å². The van der Waals surface area contributed by atoms with Crippen LogP contribution in [-0.2, 0) is 4.79 Å². The van der Waals surface area contributed by atoms with Crippen molar-refractivity contribution in [2.24, 2.45) is 11.7 Å². The van der Waals surface area contributed by atoms with Crippen molar-refractivity contribution in [2.75, 3.05) is 6.54 Å². The molecule has 0 saturated heterocycles. The number of amides is 1. The lowest BCUT2D eigenvalue weighted by atomic mass is 9.87. The molecule has 0 fully saturated rings. The van der Waals surface area contributed by atoms with Crippen molar-refractivity contribution in [3.8, 4) is 0 Å². The summed E-state index contributed by atoms with van der Waals surface area (Å²) < 4.78 is 0. The van der Waals surface area contributed by atoms with Gasteiger partial charge in [0.05, 0.1) is 5.92 Å². The second-order valence-corrected chi connectivity index (χ2v) is 5.92. The first-order valence-corrected chi connectivity index (χ1v) is 7.55. The number of hydrogen-bond acceptors (Lipinski definition) is 2. The van der Waals surface area contributed by atoms with Gasteiger partial charge in [0.2, 0.25) is 5.91 Å². The van der Waals surface area contributed by atoms with Gasteiger partial charge in [-0.25, -0.2) is 0 Å². The van der Waals surface area contributed by atoms with E-state index in [0.29, 0.717) is 6.54 Å². The standard InChI is InChI=1S/C17H28N2O/c1-5-17(18,6-2)12-19-16(20)15(13(3)4)14-10-8-7-9-11-14/h7-11,13,15H,5-6,12,18H2,1-4H3,(H,19,20). The molecule has 1 aromatic rings. The van der Waals surface area contributed by atoms with Crippen LogP contribution in [0.3, 0.4) is 0 Å². The molecule has 1 amide bonds. The second kappa shape index (κ2) is 7.44. The first-order valence-electron chi connectivity index (χ1n) is 7.55. The van der Waals surface area contributed by atoms with E-state index in [1.807, 2.05) is 30.3 Å². The van der Waals surface area contributed by atoms with E-state index in [1.165, 1.54) is 0 Å². The Morgan fingerprint density at radius 3 is 2.20 bits per heavy atom. The van der Waals surface area contributed by atoms with E-state index < -0.39 is 0 Å². The van der Waals surface area contributed by atoms with Crippen LogP contribution < -0.4 is 11.1 Å². The summed E-state index contributed by atoms with van der Waals surface area (Å²) in [6.07, 6.45) is 1.73. The van der Waals surface area contributed by atoms with Crippen molar-refractivity contribution in [2.45, 2.75) is 52.0 Å². The van der Waals surface area contributed by atoms with Gasteiger partial charge in [-0.2, -0.15) is 0 Å². The van der Waals surface area contributed by atoms with Crippen LogP contribution in [0, 0.1) is 5.92 Å². The Bertz CT molecular complexity index is 410. The largest absolute Gasteiger partial charge is 0.354 e. The molecular formula is C17H28N2O. The van der Waals surface area contributed by atoms with Crippen molar-refractivity contribution in [1.29, 1.82) is 0 Å². The molecule has 0 heterocycles. The zero-order valence-corrected chi connectivity index (χ0v) is 13.1. The molecule has 0 aliphatic rings. The topological polar surface area (TPSA) is 55.1 Å². The van der Waals surface area contributed by atoms with Gasteiger partial charge in [0.1, 0.15) is 0 Å². The molecule has 20 heavy (non-hydrogen) atoms. The molecule has 0 spiro atoms. The molecular weight excluding hydrogens is 248 g/mol. The van der Waals surface area contributed by atoms with E-state index in [9.17, 15) is 4.79 Å². The molecule has 1 atom stereocenters. The first-order chi connectivity index (χ1) is 9.43. The number of carbonyl (C=O) groups excluding carboxylic acids is 1. The average molecular weight is 276 g/mol. The number of rotatable bonds is 7. The van der Waals surface area contributed by atoms with Crippen molar-refractivity contribution < 1.29 is 4.79 Å². The minimum absolute atomic E-state index is 0.0722. The zero-order chi connectivity index (χ0) is 15.2. The van der Waals surface area contributed by atoms with Crippen LogP contribution in [0.2, 0.25) is 0 Å². The summed E-state index contributed by atoms with van der Waals surface area (Å²) in [5.41, 5.74) is 7.01. The van der Waals surface area contributed by atoms with Crippen LogP contribution >= 0.6 is 0 Å². The highest BCUT2D eigenvalue weighted by Gasteiger charge is 2.27. The molecule has 1 unspecified atom stereocenters. The predicted molar refractivity (Wildman–Crippen MR) is 84.5 cm³/mol. The molecule has 1 aromatic carbocycles. The maximum atomic E-state index is 12.5. The minimum atomic E-state index is -0.298. The van der Waals surface area contributed by atoms with E-state index in [0.717, 1.165) is 18.4 Å². The maximum absolute atomic E-state index is 12.5. The van der Waals surface area contributed by atoms with E-state index in [4.69, 9.17) is 5.73 Å². The van der Waals surface area contributed by atoms with Crippen molar-refractivity contribution >= 4 is 5.91 Å². The highest BCUT2D eigenvalue weighted by molar-refractivity contribution is 5.84. The third-order valence-electron chi connectivity index (χ3n) is 4.13. The van der Waals surface area contributed by atoms with Crippen LogP contribution in [-0.4, -0.2) is 18.0 Å². The number of carbonyl (C=O) groups is 1. The third kappa shape index (κ3) is 4.34. The van der Waals surface area contributed by atoms with Crippen LogP contribution in [0.5, 0.6) is 0 Å². The molecule has 3 heteroatoms. The normalized spacial score (nSPS) is 13.3. The lowest BCUT2D eigenvalue weighted by Gasteiger charge is -2.29. The van der Waals surface area contributed by atoms with E-state index in [-0.39, 0.29) is 23.3 Å². The number of nitrogens with one attached hydrogen (secondary N) is 1. The number of nitrogens with two attached hydrogens (primary N) is 1. The minimum Gasteiger partial charge on any atom is -0.354 e. The zero-order valence-electron chi connectivity index (χ0n) is 13.1. The Hall–Kier alpha value is -1.35. The SMILES string of the molecule is CCC(N)(CC)CNC(=O)C(c1ccccc1)C(C)C. The van der Waals surface area contributed by atoms with Gasteiger partial charge in [0.15, 0.2) is 0 Å². The third-order valence-corrected chi connectivity index (χ3v) is 4.13. The fraction of sp³-hybridized carbons (Fsp3) is 0.588. The van der Waals surface area contributed by atoms with E-state index in [1.54, 1.807) is 0 Å². The molecule has 112 valence electrons. The van der Waals surface area contributed by atoms with Crippen LogP contribution in [0.15, 0.2) is 30.3 Å². The summed E-state index contributed by atoms with van der Waals surface area (Å²) >= 11 is 0. The van der Waals surface area contributed by atoms with Crippen molar-refractivity contribution in [1.82, 2.24) is 5.32 Å². The Morgan fingerprint density at radius 2 is 1.75 bits per heavy atom. The fourth-order valence-corrected chi connectivity index (χ4v) is 2.37. The molecule has 0 saturated carbocycles.